The first kappa shape index (κ1) is 25.6. The lowest BCUT2D eigenvalue weighted by atomic mass is 9.84. The normalized spacial score (nSPS) is 26.3. The van der Waals surface area contributed by atoms with Crippen molar-refractivity contribution >= 4 is 21.8 Å². The van der Waals surface area contributed by atoms with Crippen molar-refractivity contribution in [2.45, 2.75) is 94.2 Å². The lowest BCUT2D eigenvalue weighted by Gasteiger charge is -2.30. The highest BCUT2D eigenvalue weighted by atomic mass is 32.2. The quantitative estimate of drug-likeness (QED) is 0.569. The summed E-state index contributed by atoms with van der Waals surface area (Å²) in [5.41, 5.74) is -0.456. The van der Waals surface area contributed by atoms with E-state index in [-0.39, 0.29) is 16.6 Å². The maximum Gasteiger partial charge on any atom is 0.263 e. The molecule has 35 heavy (non-hydrogen) atoms. The van der Waals surface area contributed by atoms with Crippen LogP contribution >= 0.6 is 0 Å². The number of aliphatic imine (C=N–C) groups is 1. The molecule has 4 rings (SSSR count). The smallest absolute Gasteiger partial charge is 0.263 e. The summed E-state index contributed by atoms with van der Waals surface area (Å²) in [6.45, 7) is 5.57. The average Bonchev–Trinajstić information content (AvgIpc) is 3.39. The van der Waals surface area contributed by atoms with E-state index in [1.807, 2.05) is 0 Å². The first-order valence-electron chi connectivity index (χ1n) is 13.0. The molecule has 3 aliphatic rings. The van der Waals surface area contributed by atoms with E-state index in [0.717, 1.165) is 45.1 Å². The zero-order valence-electron chi connectivity index (χ0n) is 20.8. The van der Waals surface area contributed by atoms with Gasteiger partial charge in [-0.2, -0.15) is 5.26 Å². The second kappa shape index (κ2) is 10.7. The molecule has 0 aromatic heterocycles. The predicted molar refractivity (Wildman–Crippen MR) is 135 cm³/mol. The number of amides is 1. The molecule has 0 spiro atoms. The van der Waals surface area contributed by atoms with Crippen LogP contribution in [-0.2, 0) is 14.8 Å². The average molecular weight is 500 g/mol. The largest absolute Gasteiger partial charge is 0.335 e. The first-order chi connectivity index (χ1) is 16.8. The molecule has 1 aliphatic carbocycles. The fourth-order valence-corrected chi connectivity index (χ4v) is 7.08. The number of fused-ring (bicyclic) bond motifs is 1. The zero-order valence-corrected chi connectivity index (χ0v) is 21.6. The number of nitriles is 1. The third-order valence-corrected chi connectivity index (χ3v) is 9.26. The van der Waals surface area contributed by atoms with Crippen LogP contribution in [0.1, 0.15) is 77.2 Å². The Morgan fingerprint density at radius 1 is 1.26 bits per heavy atom. The van der Waals surface area contributed by atoms with Gasteiger partial charge in [0.15, 0.2) is 0 Å². The molecule has 190 valence electrons. The van der Waals surface area contributed by atoms with Gasteiger partial charge in [-0.1, -0.05) is 58.1 Å². The number of amidine groups is 1. The van der Waals surface area contributed by atoms with Crippen LogP contribution in [0.3, 0.4) is 0 Å². The minimum absolute atomic E-state index is 0.181. The van der Waals surface area contributed by atoms with Crippen molar-refractivity contribution in [2.75, 3.05) is 13.1 Å². The lowest BCUT2D eigenvalue weighted by molar-refractivity contribution is -0.124. The number of hydrogen-bond acceptors (Lipinski definition) is 6. The first-order valence-corrected chi connectivity index (χ1v) is 14.5. The molecule has 2 atom stereocenters. The fraction of sp³-hybridized carbons (Fsp3) is 0.654. The molecule has 2 aliphatic heterocycles. The molecule has 1 aromatic carbocycles. The predicted octanol–water partition coefficient (Wildman–Crippen LogP) is 3.34. The number of hydrogen-bond donors (Lipinski definition) is 2. The van der Waals surface area contributed by atoms with Gasteiger partial charge in [0.25, 0.3) is 10.0 Å². The van der Waals surface area contributed by atoms with E-state index < -0.39 is 21.6 Å². The number of nitrogens with zero attached hydrogens (tertiary/aromatic N) is 3. The highest BCUT2D eigenvalue weighted by Crippen LogP contribution is 2.31. The second-order valence-corrected chi connectivity index (χ2v) is 11.9. The SMILES string of the molecule is CCC(CC)N1CCC(C#N)(NC(=O)[C@H](CC2CCCCC2)N=C2NS(=O)(=O)c3ccccc32)C1. The second-order valence-electron chi connectivity index (χ2n) is 10.2. The monoisotopic (exact) mass is 499 g/mol. The van der Waals surface area contributed by atoms with Crippen LogP contribution in [0.4, 0.5) is 0 Å². The number of nitrogens with one attached hydrogen (secondary N) is 2. The van der Waals surface area contributed by atoms with Crippen molar-refractivity contribution in [3.63, 3.8) is 0 Å². The minimum atomic E-state index is -3.69. The highest BCUT2D eigenvalue weighted by Gasteiger charge is 2.43. The maximum absolute atomic E-state index is 13.6. The van der Waals surface area contributed by atoms with Crippen molar-refractivity contribution in [2.24, 2.45) is 10.9 Å². The molecule has 2 N–H and O–H groups in total. The van der Waals surface area contributed by atoms with Crippen molar-refractivity contribution in [1.82, 2.24) is 14.9 Å². The Bertz CT molecular complexity index is 1100. The van der Waals surface area contributed by atoms with Crippen LogP contribution in [0.5, 0.6) is 0 Å². The van der Waals surface area contributed by atoms with Crippen LogP contribution in [0, 0.1) is 17.2 Å². The molecule has 1 saturated heterocycles. The Balaban J connectivity index is 1.59. The Morgan fingerprint density at radius 2 is 1.97 bits per heavy atom. The summed E-state index contributed by atoms with van der Waals surface area (Å²) in [4.78, 5) is 20.8. The zero-order chi connectivity index (χ0) is 25.1. The van der Waals surface area contributed by atoms with E-state index in [0.29, 0.717) is 36.9 Å². The number of likely N-dealkylation sites (tertiary alicyclic amines) is 1. The van der Waals surface area contributed by atoms with Crippen molar-refractivity contribution in [3.05, 3.63) is 29.8 Å². The molecule has 0 bridgehead atoms. The van der Waals surface area contributed by atoms with E-state index in [4.69, 9.17) is 4.99 Å². The van der Waals surface area contributed by atoms with Gasteiger partial charge < -0.3 is 5.32 Å². The molecule has 1 unspecified atom stereocenters. The van der Waals surface area contributed by atoms with E-state index in [2.05, 4.69) is 34.9 Å². The molecule has 1 saturated carbocycles. The molecule has 2 heterocycles. The van der Waals surface area contributed by atoms with E-state index in [1.54, 1.807) is 24.3 Å². The van der Waals surface area contributed by atoms with E-state index in [1.165, 1.54) is 6.42 Å². The summed E-state index contributed by atoms with van der Waals surface area (Å²) in [5.74, 6) is 0.284. The summed E-state index contributed by atoms with van der Waals surface area (Å²) in [5, 5.41) is 13.1. The maximum atomic E-state index is 13.6. The minimum Gasteiger partial charge on any atom is -0.335 e. The molecule has 0 radical (unpaired) electrons. The van der Waals surface area contributed by atoms with E-state index in [9.17, 15) is 18.5 Å². The highest BCUT2D eigenvalue weighted by molar-refractivity contribution is 7.90. The van der Waals surface area contributed by atoms with Crippen LogP contribution in [0.2, 0.25) is 0 Å². The van der Waals surface area contributed by atoms with Crippen LogP contribution in [-0.4, -0.2) is 55.8 Å². The number of carbonyl (C=O) groups is 1. The number of benzene rings is 1. The standard InChI is InChI=1S/C26H37N5O3S/c1-3-20(4-2)31-15-14-26(17-27,18-31)29-25(32)22(16-19-10-6-5-7-11-19)28-24-21-12-8-9-13-23(21)35(33,34)30-24/h8-9,12-13,19-20,22H,3-7,10-11,14-16,18H2,1-2H3,(H,28,30)(H,29,32)/t22-,26?/m0/s1. The van der Waals surface area contributed by atoms with Gasteiger partial charge in [-0.25, -0.2) is 8.42 Å². The van der Waals surface area contributed by atoms with E-state index >= 15 is 0 Å². The summed E-state index contributed by atoms with van der Waals surface area (Å²) >= 11 is 0. The van der Waals surface area contributed by atoms with Crippen molar-refractivity contribution in [1.29, 1.82) is 5.26 Å². The fourth-order valence-electron chi connectivity index (χ4n) is 5.84. The number of sulfonamides is 1. The summed E-state index contributed by atoms with van der Waals surface area (Å²) < 4.78 is 27.7. The number of rotatable bonds is 8. The molecule has 9 heteroatoms. The number of carbonyl (C=O) groups excluding carboxylic acids is 1. The summed E-state index contributed by atoms with van der Waals surface area (Å²) in [7, 11) is -3.69. The molecule has 8 nitrogen and oxygen atoms in total. The topological polar surface area (TPSA) is 115 Å². The van der Waals surface area contributed by atoms with Crippen LogP contribution in [0.15, 0.2) is 34.2 Å². The van der Waals surface area contributed by atoms with Crippen molar-refractivity contribution in [3.8, 4) is 6.07 Å². The van der Waals surface area contributed by atoms with Crippen LogP contribution in [0.25, 0.3) is 0 Å². The molecular formula is C26H37N5O3S. The van der Waals surface area contributed by atoms with Gasteiger partial charge >= 0.3 is 0 Å². The molecule has 1 amide bonds. The van der Waals surface area contributed by atoms with Gasteiger partial charge in [0.2, 0.25) is 5.91 Å². The Hall–Kier alpha value is -2.44. The third-order valence-electron chi connectivity index (χ3n) is 7.87. The summed E-state index contributed by atoms with van der Waals surface area (Å²) in [6.07, 6.45) is 8.71. The van der Waals surface area contributed by atoms with Crippen LogP contribution < -0.4 is 10.0 Å². The summed E-state index contributed by atoms with van der Waals surface area (Å²) in [6, 6.07) is 8.73. The van der Waals surface area contributed by atoms with Gasteiger partial charge in [0, 0.05) is 24.7 Å². The van der Waals surface area contributed by atoms with Gasteiger partial charge in [0.1, 0.15) is 17.4 Å². The Labute approximate surface area is 209 Å². The Morgan fingerprint density at radius 3 is 2.66 bits per heavy atom. The lowest BCUT2D eigenvalue weighted by Crippen LogP contribution is -2.53. The Kier molecular flexibility index (Phi) is 7.82. The van der Waals surface area contributed by atoms with Crippen molar-refractivity contribution < 1.29 is 13.2 Å². The third kappa shape index (κ3) is 5.54. The van der Waals surface area contributed by atoms with Gasteiger partial charge in [-0.3, -0.25) is 19.4 Å². The molecule has 2 fully saturated rings. The van der Waals surface area contributed by atoms with Gasteiger partial charge in [-0.15, -0.1) is 0 Å². The van der Waals surface area contributed by atoms with Gasteiger partial charge in [-0.05, 0) is 43.7 Å². The molecular weight excluding hydrogens is 462 g/mol. The molecule has 1 aromatic rings. The van der Waals surface area contributed by atoms with Gasteiger partial charge in [0.05, 0.1) is 11.0 Å².